The molecule has 2 aliphatic heterocycles. The lowest BCUT2D eigenvalue weighted by Crippen LogP contribution is -2.60. The lowest BCUT2D eigenvalue weighted by atomic mass is 9.84. The molecular weight excluding hydrogens is 210 g/mol. The number of rotatable bonds is 2. The Balaban J connectivity index is 1.98. The van der Waals surface area contributed by atoms with Crippen LogP contribution < -0.4 is 5.73 Å². The van der Waals surface area contributed by atoms with Gasteiger partial charge in [0.1, 0.15) is 0 Å². The van der Waals surface area contributed by atoms with Crippen molar-refractivity contribution in [1.29, 1.82) is 0 Å². The molecule has 2 saturated heterocycles. The van der Waals surface area contributed by atoms with Gasteiger partial charge in [0.25, 0.3) is 0 Å². The fraction of sp³-hybridized carbons (Fsp3) is 1.00. The van der Waals surface area contributed by atoms with Gasteiger partial charge >= 0.3 is 0 Å². The van der Waals surface area contributed by atoms with Gasteiger partial charge < -0.3 is 5.73 Å². The van der Waals surface area contributed by atoms with E-state index in [2.05, 4.69) is 30.6 Å². The van der Waals surface area contributed by atoms with Gasteiger partial charge in [-0.05, 0) is 24.8 Å². The largest absolute Gasteiger partial charge is 0.329 e. The summed E-state index contributed by atoms with van der Waals surface area (Å²) in [6.45, 7) is 12.7. The Labute approximate surface area is 106 Å². The van der Waals surface area contributed by atoms with Gasteiger partial charge in [-0.3, -0.25) is 9.80 Å². The highest BCUT2D eigenvalue weighted by atomic mass is 15.3. The molecule has 0 aromatic rings. The van der Waals surface area contributed by atoms with E-state index in [1.54, 1.807) is 0 Å². The average Bonchev–Trinajstić information content (AvgIpc) is 2.28. The number of piperidine rings is 1. The zero-order valence-corrected chi connectivity index (χ0v) is 11.8. The summed E-state index contributed by atoms with van der Waals surface area (Å²) < 4.78 is 0. The fourth-order valence-corrected chi connectivity index (χ4v) is 3.51. The summed E-state index contributed by atoms with van der Waals surface area (Å²) in [5.74, 6) is 0. The van der Waals surface area contributed by atoms with Gasteiger partial charge in [-0.1, -0.05) is 27.2 Å². The van der Waals surface area contributed by atoms with Crippen molar-refractivity contribution in [2.24, 2.45) is 11.1 Å². The van der Waals surface area contributed by atoms with Crippen LogP contribution >= 0.6 is 0 Å². The van der Waals surface area contributed by atoms with Crippen LogP contribution in [0, 0.1) is 5.41 Å². The molecule has 2 atom stereocenters. The second-order valence-electron chi connectivity index (χ2n) is 6.80. The van der Waals surface area contributed by atoms with Gasteiger partial charge in [0.05, 0.1) is 0 Å². The van der Waals surface area contributed by atoms with E-state index in [0.717, 1.165) is 12.6 Å². The molecule has 2 fully saturated rings. The zero-order valence-electron chi connectivity index (χ0n) is 11.8. The first kappa shape index (κ1) is 13.3. The molecule has 3 nitrogen and oxygen atoms in total. The SMILES string of the molecule is CC(C)(C)C(CN)N1CCN2CCCCC2C1. The van der Waals surface area contributed by atoms with E-state index in [0.29, 0.717) is 11.5 Å². The van der Waals surface area contributed by atoms with Crippen molar-refractivity contribution in [3.63, 3.8) is 0 Å². The Morgan fingerprint density at radius 1 is 1.18 bits per heavy atom. The Morgan fingerprint density at radius 3 is 2.59 bits per heavy atom. The van der Waals surface area contributed by atoms with Crippen molar-refractivity contribution < 1.29 is 0 Å². The average molecular weight is 239 g/mol. The lowest BCUT2D eigenvalue weighted by Gasteiger charge is -2.49. The van der Waals surface area contributed by atoms with E-state index in [4.69, 9.17) is 5.73 Å². The highest BCUT2D eigenvalue weighted by Crippen LogP contribution is 2.28. The predicted molar refractivity (Wildman–Crippen MR) is 73.1 cm³/mol. The first-order valence-electron chi connectivity index (χ1n) is 7.20. The number of piperazine rings is 1. The lowest BCUT2D eigenvalue weighted by molar-refractivity contribution is 0.00134. The molecule has 2 heterocycles. The fourth-order valence-electron chi connectivity index (χ4n) is 3.51. The van der Waals surface area contributed by atoms with Crippen molar-refractivity contribution in [2.45, 2.75) is 52.1 Å². The van der Waals surface area contributed by atoms with Crippen molar-refractivity contribution in [2.75, 3.05) is 32.7 Å². The van der Waals surface area contributed by atoms with Gasteiger partial charge in [0, 0.05) is 38.3 Å². The second-order valence-corrected chi connectivity index (χ2v) is 6.80. The third-order valence-electron chi connectivity index (χ3n) is 4.53. The number of hydrogen-bond acceptors (Lipinski definition) is 3. The Bertz CT molecular complexity index is 246. The summed E-state index contributed by atoms with van der Waals surface area (Å²) in [5.41, 5.74) is 6.30. The van der Waals surface area contributed by atoms with Crippen molar-refractivity contribution in [1.82, 2.24) is 9.80 Å². The summed E-state index contributed by atoms with van der Waals surface area (Å²) in [6.07, 6.45) is 4.20. The maximum atomic E-state index is 6.00. The Hall–Kier alpha value is -0.120. The number of nitrogens with zero attached hydrogens (tertiary/aromatic N) is 2. The maximum absolute atomic E-state index is 6.00. The topological polar surface area (TPSA) is 32.5 Å². The van der Waals surface area contributed by atoms with Crippen LogP contribution in [0.2, 0.25) is 0 Å². The molecule has 2 aliphatic rings. The van der Waals surface area contributed by atoms with Crippen molar-refractivity contribution >= 4 is 0 Å². The molecule has 0 aliphatic carbocycles. The molecule has 0 saturated carbocycles. The summed E-state index contributed by atoms with van der Waals surface area (Å²) in [7, 11) is 0. The maximum Gasteiger partial charge on any atom is 0.0268 e. The molecule has 0 spiro atoms. The molecule has 0 bridgehead atoms. The summed E-state index contributed by atoms with van der Waals surface area (Å²) in [6, 6.07) is 1.33. The normalized spacial score (nSPS) is 30.0. The molecule has 0 aromatic carbocycles. The van der Waals surface area contributed by atoms with Crippen LogP contribution in [0.5, 0.6) is 0 Å². The smallest absolute Gasteiger partial charge is 0.0268 e. The van der Waals surface area contributed by atoms with Crippen LogP contribution in [0.1, 0.15) is 40.0 Å². The second kappa shape index (κ2) is 5.25. The molecule has 100 valence electrons. The van der Waals surface area contributed by atoms with Crippen LogP contribution in [-0.4, -0.2) is 54.6 Å². The van der Waals surface area contributed by atoms with Crippen LogP contribution in [0.3, 0.4) is 0 Å². The summed E-state index contributed by atoms with van der Waals surface area (Å²) >= 11 is 0. The van der Waals surface area contributed by atoms with Crippen LogP contribution in [0.15, 0.2) is 0 Å². The third kappa shape index (κ3) is 3.01. The van der Waals surface area contributed by atoms with E-state index >= 15 is 0 Å². The molecule has 0 aromatic heterocycles. The van der Waals surface area contributed by atoms with E-state index < -0.39 is 0 Å². The van der Waals surface area contributed by atoms with Crippen molar-refractivity contribution in [3.8, 4) is 0 Å². The zero-order chi connectivity index (χ0) is 12.5. The Morgan fingerprint density at radius 2 is 1.94 bits per heavy atom. The first-order valence-corrected chi connectivity index (χ1v) is 7.20. The molecule has 2 unspecified atom stereocenters. The minimum atomic E-state index is 0.297. The quantitative estimate of drug-likeness (QED) is 0.793. The van der Waals surface area contributed by atoms with Crippen LogP contribution in [0.25, 0.3) is 0 Å². The van der Waals surface area contributed by atoms with Crippen LogP contribution in [0.4, 0.5) is 0 Å². The monoisotopic (exact) mass is 239 g/mol. The van der Waals surface area contributed by atoms with Gasteiger partial charge in [0.2, 0.25) is 0 Å². The summed E-state index contributed by atoms with van der Waals surface area (Å²) in [5, 5.41) is 0. The predicted octanol–water partition coefficient (Wildman–Crippen LogP) is 1.53. The first-order chi connectivity index (χ1) is 8.02. The molecule has 0 amide bonds. The highest BCUT2D eigenvalue weighted by molar-refractivity contribution is 4.91. The third-order valence-corrected chi connectivity index (χ3v) is 4.53. The minimum absolute atomic E-state index is 0.297. The van der Waals surface area contributed by atoms with Gasteiger partial charge in [-0.2, -0.15) is 0 Å². The number of hydrogen-bond donors (Lipinski definition) is 1. The molecule has 17 heavy (non-hydrogen) atoms. The Kier molecular flexibility index (Phi) is 4.11. The van der Waals surface area contributed by atoms with E-state index in [-0.39, 0.29) is 0 Å². The molecule has 0 radical (unpaired) electrons. The van der Waals surface area contributed by atoms with Gasteiger partial charge in [0.15, 0.2) is 0 Å². The molecule has 3 heteroatoms. The standard InChI is InChI=1S/C14H29N3/c1-14(2,3)13(10-15)17-9-8-16-7-5-4-6-12(16)11-17/h12-13H,4-11,15H2,1-3H3. The van der Waals surface area contributed by atoms with E-state index in [9.17, 15) is 0 Å². The van der Waals surface area contributed by atoms with Crippen molar-refractivity contribution in [3.05, 3.63) is 0 Å². The van der Waals surface area contributed by atoms with Crippen LogP contribution in [-0.2, 0) is 0 Å². The van der Waals surface area contributed by atoms with Gasteiger partial charge in [-0.15, -0.1) is 0 Å². The minimum Gasteiger partial charge on any atom is -0.329 e. The highest BCUT2D eigenvalue weighted by Gasteiger charge is 2.35. The number of nitrogens with two attached hydrogens (primary N) is 1. The van der Waals surface area contributed by atoms with E-state index in [1.807, 2.05) is 0 Å². The molecule has 2 rings (SSSR count). The molecule has 2 N–H and O–H groups in total. The molecular formula is C14H29N3. The number of fused-ring (bicyclic) bond motifs is 1. The summed E-state index contributed by atoms with van der Waals surface area (Å²) in [4.78, 5) is 5.34. The van der Waals surface area contributed by atoms with Gasteiger partial charge in [-0.25, -0.2) is 0 Å². The van der Waals surface area contributed by atoms with E-state index in [1.165, 1.54) is 45.4 Å².